The lowest BCUT2D eigenvalue weighted by atomic mass is 10.1. The number of ether oxygens (including phenoxy) is 1. The molecule has 4 aromatic rings. The van der Waals surface area contributed by atoms with E-state index >= 15 is 0 Å². The molecule has 0 atom stereocenters. The fourth-order valence-corrected chi connectivity index (χ4v) is 4.00. The first-order valence-corrected chi connectivity index (χ1v) is 10.5. The van der Waals surface area contributed by atoms with E-state index in [0.29, 0.717) is 10.6 Å². The largest absolute Gasteiger partial charge is 0.482 e. The van der Waals surface area contributed by atoms with Crippen LogP contribution in [0.4, 0.5) is 5.69 Å². The molecule has 1 N–H and O–H groups in total. The number of ketones is 1. The number of carbonyl (C=O) groups is 2. The van der Waals surface area contributed by atoms with Gasteiger partial charge in [-0.1, -0.05) is 35.3 Å². The average molecular weight is 457 g/mol. The second-order valence-electron chi connectivity index (χ2n) is 6.32. The van der Waals surface area contributed by atoms with E-state index in [2.05, 4.69) is 10.3 Å². The van der Waals surface area contributed by atoms with E-state index in [1.54, 1.807) is 36.7 Å². The number of halogens is 2. The van der Waals surface area contributed by atoms with E-state index in [1.807, 2.05) is 23.6 Å². The van der Waals surface area contributed by atoms with Crippen LogP contribution in [0.3, 0.4) is 0 Å². The number of nitrogens with zero attached hydrogens (tertiary/aromatic N) is 1. The summed E-state index contributed by atoms with van der Waals surface area (Å²) in [6, 6.07) is 14.0. The Hall–Kier alpha value is -2.93. The third-order valence-corrected chi connectivity index (χ3v) is 6.05. The first kappa shape index (κ1) is 20.3. The van der Waals surface area contributed by atoms with Crippen molar-refractivity contribution >= 4 is 62.7 Å². The lowest BCUT2D eigenvalue weighted by Crippen LogP contribution is -2.20. The van der Waals surface area contributed by atoms with Crippen LogP contribution in [-0.2, 0) is 4.79 Å². The van der Waals surface area contributed by atoms with Crippen molar-refractivity contribution in [3.63, 3.8) is 0 Å². The van der Waals surface area contributed by atoms with Crippen LogP contribution < -0.4 is 10.1 Å². The van der Waals surface area contributed by atoms with E-state index < -0.39 is 0 Å². The number of hydrogen-bond acceptors (Lipinski definition) is 5. The summed E-state index contributed by atoms with van der Waals surface area (Å²) in [5.74, 6) is -0.342. The van der Waals surface area contributed by atoms with Gasteiger partial charge in [0.1, 0.15) is 10.8 Å². The Labute approximate surface area is 186 Å². The van der Waals surface area contributed by atoms with Gasteiger partial charge in [-0.25, -0.2) is 0 Å². The van der Waals surface area contributed by atoms with Crippen LogP contribution in [0.2, 0.25) is 10.0 Å². The van der Waals surface area contributed by atoms with Gasteiger partial charge in [0.05, 0.1) is 9.90 Å². The molecule has 0 aliphatic rings. The van der Waals surface area contributed by atoms with Crippen molar-refractivity contribution in [3.05, 3.63) is 86.8 Å². The minimum absolute atomic E-state index is 0.0880. The van der Waals surface area contributed by atoms with Crippen LogP contribution in [0.1, 0.15) is 15.2 Å². The molecule has 0 saturated carbocycles. The highest BCUT2D eigenvalue weighted by atomic mass is 35.5. The van der Waals surface area contributed by atoms with Gasteiger partial charge in [0.2, 0.25) is 5.78 Å². The SMILES string of the molecule is O=C(COc1ccc(C(=O)c2cccs2)c(Cl)c1Cl)Nc1ccc2cnccc2c1. The quantitative estimate of drug-likeness (QED) is 0.369. The molecule has 0 fully saturated rings. The maximum Gasteiger partial charge on any atom is 0.262 e. The van der Waals surface area contributed by atoms with Crippen molar-refractivity contribution in [2.75, 3.05) is 11.9 Å². The predicted molar refractivity (Wildman–Crippen MR) is 120 cm³/mol. The van der Waals surface area contributed by atoms with Crippen LogP contribution in [0.5, 0.6) is 5.75 Å². The van der Waals surface area contributed by atoms with Gasteiger partial charge in [-0.05, 0) is 47.2 Å². The number of nitrogens with one attached hydrogen (secondary N) is 1. The van der Waals surface area contributed by atoms with Gasteiger partial charge in [-0.3, -0.25) is 14.6 Å². The molecular weight excluding hydrogens is 443 g/mol. The van der Waals surface area contributed by atoms with Crippen LogP contribution >= 0.6 is 34.5 Å². The zero-order valence-electron chi connectivity index (χ0n) is 15.4. The van der Waals surface area contributed by atoms with Crippen LogP contribution in [0.15, 0.2) is 66.3 Å². The van der Waals surface area contributed by atoms with Crippen molar-refractivity contribution in [1.82, 2.24) is 4.98 Å². The molecule has 0 saturated heterocycles. The maximum absolute atomic E-state index is 12.5. The number of aromatic nitrogens is 1. The zero-order valence-corrected chi connectivity index (χ0v) is 17.7. The van der Waals surface area contributed by atoms with E-state index in [0.717, 1.165) is 10.8 Å². The molecule has 0 aliphatic carbocycles. The Balaban J connectivity index is 1.43. The second kappa shape index (κ2) is 8.83. The van der Waals surface area contributed by atoms with Crippen LogP contribution in [-0.4, -0.2) is 23.3 Å². The number of thiophene rings is 1. The summed E-state index contributed by atoms with van der Waals surface area (Å²) in [6.45, 7) is -0.261. The second-order valence-corrected chi connectivity index (χ2v) is 8.02. The lowest BCUT2D eigenvalue weighted by Gasteiger charge is -2.12. The van der Waals surface area contributed by atoms with Gasteiger partial charge < -0.3 is 10.1 Å². The van der Waals surface area contributed by atoms with Crippen molar-refractivity contribution < 1.29 is 14.3 Å². The molecule has 0 bridgehead atoms. The first-order chi connectivity index (χ1) is 14.5. The number of rotatable bonds is 6. The topological polar surface area (TPSA) is 68.3 Å². The molecule has 1 amide bonds. The van der Waals surface area contributed by atoms with Crippen LogP contribution in [0.25, 0.3) is 10.8 Å². The molecule has 0 radical (unpaired) electrons. The molecule has 0 spiro atoms. The average Bonchev–Trinajstić information content (AvgIpc) is 3.29. The van der Waals surface area contributed by atoms with Gasteiger partial charge in [0.15, 0.2) is 6.61 Å². The molecule has 0 unspecified atom stereocenters. The highest BCUT2D eigenvalue weighted by Crippen LogP contribution is 2.36. The molecule has 30 heavy (non-hydrogen) atoms. The normalized spacial score (nSPS) is 10.7. The third-order valence-electron chi connectivity index (χ3n) is 4.32. The zero-order chi connectivity index (χ0) is 21.1. The summed E-state index contributed by atoms with van der Waals surface area (Å²) in [5, 5.41) is 6.71. The summed E-state index contributed by atoms with van der Waals surface area (Å²) in [7, 11) is 0. The number of pyridine rings is 1. The number of carbonyl (C=O) groups excluding carboxylic acids is 2. The number of benzene rings is 2. The summed E-state index contributed by atoms with van der Waals surface area (Å²) >= 11 is 13.9. The van der Waals surface area contributed by atoms with Gasteiger partial charge >= 0.3 is 0 Å². The number of anilines is 1. The van der Waals surface area contributed by atoms with E-state index in [1.165, 1.54) is 17.4 Å². The van der Waals surface area contributed by atoms with Gasteiger partial charge in [-0.15, -0.1) is 11.3 Å². The molecule has 2 heterocycles. The Morgan fingerprint density at radius 2 is 1.90 bits per heavy atom. The van der Waals surface area contributed by atoms with E-state index in [-0.39, 0.29) is 39.7 Å². The summed E-state index contributed by atoms with van der Waals surface area (Å²) in [6.07, 6.45) is 3.44. The highest BCUT2D eigenvalue weighted by molar-refractivity contribution is 7.12. The molecule has 150 valence electrons. The van der Waals surface area contributed by atoms with Crippen molar-refractivity contribution in [2.24, 2.45) is 0 Å². The first-order valence-electron chi connectivity index (χ1n) is 8.85. The molecule has 2 aromatic carbocycles. The van der Waals surface area contributed by atoms with E-state index in [4.69, 9.17) is 27.9 Å². The molecular formula is C22H14Cl2N2O3S. The molecule has 4 rings (SSSR count). The number of amides is 1. The molecule has 0 aliphatic heterocycles. The van der Waals surface area contributed by atoms with Gasteiger partial charge in [-0.2, -0.15) is 0 Å². The standard InChI is InChI=1S/C22H14Cl2N2O3S/c23-20-16(22(28)18-2-1-9-30-18)5-6-17(21(20)24)29-12-19(27)26-15-4-3-14-11-25-8-7-13(14)10-15/h1-11H,12H2,(H,26,27). The minimum atomic E-state index is -0.352. The monoisotopic (exact) mass is 456 g/mol. The molecule has 8 heteroatoms. The van der Waals surface area contributed by atoms with Crippen molar-refractivity contribution in [1.29, 1.82) is 0 Å². The smallest absolute Gasteiger partial charge is 0.262 e. The number of fused-ring (bicyclic) bond motifs is 1. The number of hydrogen-bond donors (Lipinski definition) is 1. The Kier molecular flexibility index (Phi) is 5.99. The Bertz CT molecular complexity index is 1240. The highest BCUT2D eigenvalue weighted by Gasteiger charge is 2.19. The summed E-state index contributed by atoms with van der Waals surface area (Å²) in [5.41, 5.74) is 0.926. The Morgan fingerprint density at radius 1 is 1.03 bits per heavy atom. The third kappa shape index (κ3) is 4.31. The van der Waals surface area contributed by atoms with E-state index in [9.17, 15) is 9.59 Å². The molecule has 2 aromatic heterocycles. The Morgan fingerprint density at radius 3 is 2.70 bits per heavy atom. The maximum atomic E-state index is 12.5. The minimum Gasteiger partial charge on any atom is -0.482 e. The summed E-state index contributed by atoms with van der Waals surface area (Å²) in [4.78, 5) is 29.4. The predicted octanol–water partition coefficient (Wildman–Crippen LogP) is 5.85. The van der Waals surface area contributed by atoms with Gasteiger partial charge in [0, 0.05) is 29.0 Å². The fourth-order valence-electron chi connectivity index (χ4n) is 2.86. The van der Waals surface area contributed by atoms with Crippen molar-refractivity contribution in [2.45, 2.75) is 0 Å². The fraction of sp³-hybridized carbons (Fsp3) is 0.0455. The van der Waals surface area contributed by atoms with Gasteiger partial charge in [0.25, 0.3) is 5.91 Å². The van der Waals surface area contributed by atoms with Crippen LogP contribution in [0, 0.1) is 0 Å². The van der Waals surface area contributed by atoms with Crippen molar-refractivity contribution in [3.8, 4) is 5.75 Å². The molecule has 5 nitrogen and oxygen atoms in total. The lowest BCUT2D eigenvalue weighted by molar-refractivity contribution is -0.118. The summed E-state index contributed by atoms with van der Waals surface area (Å²) < 4.78 is 5.52.